The van der Waals surface area contributed by atoms with Crippen molar-refractivity contribution in [2.24, 2.45) is 0 Å². The van der Waals surface area contributed by atoms with Crippen LogP contribution in [0.25, 0.3) is 6.08 Å². The number of imide groups is 1. The van der Waals surface area contributed by atoms with E-state index in [1.165, 1.54) is 50.4 Å². The molecule has 1 aliphatic heterocycles. The number of nitro groups is 1. The van der Waals surface area contributed by atoms with E-state index in [4.69, 9.17) is 25.3 Å². The van der Waals surface area contributed by atoms with E-state index in [-0.39, 0.29) is 35.2 Å². The Labute approximate surface area is 238 Å². The van der Waals surface area contributed by atoms with Crippen molar-refractivity contribution in [3.05, 3.63) is 91.8 Å². The van der Waals surface area contributed by atoms with Gasteiger partial charge in [0.25, 0.3) is 16.8 Å². The summed E-state index contributed by atoms with van der Waals surface area (Å²) in [5.41, 5.74) is 0.373. The summed E-state index contributed by atoms with van der Waals surface area (Å²) in [6.07, 6.45) is 1.47. The molecule has 0 aromatic heterocycles. The van der Waals surface area contributed by atoms with Gasteiger partial charge < -0.3 is 13.7 Å². The number of carbonyl (C=O) groups is 2. The second-order valence-corrected chi connectivity index (χ2v) is 11.3. The van der Waals surface area contributed by atoms with Crippen LogP contribution in [-0.4, -0.2) is 49.6 Å². The number of amides is 2. The molecule has 0 unspecified atom stereocenters. The average Bonchev–Trinajstić information content (AvgIpc) is 3.17. The molecule has 0 bridgehead atoms. The van der Waals surface area contributed by atoms with E-state index in [1.54, 1.807) is 24.3 Å². The number of aryl methyl sites for hydroxylation is 1. The van der Waals surface area contributed by atoms with E-state index in [1.807, 2.05) is 0 Å². The number of thioether (sulfide) groups is 1. The van der Waals surface area contributed by atoms with E-state index in [9.17, 15) is 28.1 Å². The summed E-state index contributed by atoms with van der Waals surface area (Å²) in [4.78, 5) is 36.6. The zero-order valence-electron chi connectivity index (χ0n) is 21.0. The average molecular weight is 605 g/mol. The van der Waals surface area contributed by atoms with Crippen molar-refractivity contribution in [2.75, 3.05) is 20.3 Å². The quantitative estimate of drug-likeness (QED) is 0.127. The molecular formula is C26H21ClN2O9S2. The van der Waals surface area contributed by atoms with Crippen molar-refractivity contribution in [3.8, 4) is 17.2 Å². The van der Waals surface area contributed by atoms with Crippen molar-refractivity contribution in [3.63, 3.8) is 0 Å². The van der Waals surface area contributed by atoms with Crippen LogP contribution in [0.4, 0.5) is 10.5 Å². The maximum Gasteiger partial charge on any atom is 0.339 e. The van der Waals surface area contributed by atoms with Crippen molar-refractivity contribution in [1.82, 2.24) is 4.90 Å². The van der Waals surface area contributed by atoms with Crippen LogP contribution in [0.15, 0.2) is 70.5 Å². The van der Waals surface area contributed by atoms with Crippen LogP contribution < -0.4 is 13.7 Å². The maximum atomic E-state index is 12.8. The van der Waals surface area contributed by atoms with Gasteiger partial charge in [-0.15, -0.1) is 0 Å². The third-order valence-corrected chi connectivity index (χ3v) is 8.01. The highest BCUT2D eigenvalue weighted by molar-refractivity contribution is 8.18. The molecular weight excluding hydrogens is 584 g/mol. The Morgan fingerprint density at radius 1 is 1.05 bits per heavy atom. The minimum atomic E-state index is -4.44. The Hall–Kier alpha value is -4.07. The highest BCUT2D eigenvalue weighted by Gasteiger charge is 2.35. The van der Waals surface area contributed by atoms with E-state index >= 15 is 0 Å². The molecule has 40 heavy (non-hydrogen) atoms. The fourth-order valence-corrected chi connectivity index (χ4v) is 5.53. The van der Waals surface area contributed by atoms with Gasteiger partial charge in [-0.25, -0.2) is 0 Å². The van der Waals surface area contributed by atoms with Crippen LogP contribution in [-0.2, 0) is 14.9 Å². The Balaban J connectivity index is 1.47. The Morgan fingerprint density at radius 2 is 1.77 bits per heavy atom. The maximum absolute atomic E-state index is 12.8. The minimum absolute atomic E-state index is 0.0227. The molecule has 0 N–H and O–H groups in total. The molecule has 4 rings (SSSR count). The first-order chi connectivity index (χ1) is 19.0. The van der Waals surface area contributed by atoms with Gasteiger partial charge in [-0.2, -0.15) is 8.42 Å². The highest BCUT2D eigenvalue weighted by atomic mass is 35.5. The second kappa shape index (κ2) is 12.0. The molecule has 1 aliphatic rings. The summed E-state index contributed by atoms with van der Waals surface area (Å²) < 4.78 is 41.6. The molecule has 1 heterocycles. The third kappa shape index (κ3) is 6.55. The number of hydrogen-bond donors (Lipinski definition) is 0. The summed E-state index contributed by atoms with van der Waals surface area (Å²) in [6.45, 7) is 1.61. The van der Waals surface area contributed by atoms with Gasteiger partial charge in [0.15, 0.2) is 11.5 Å². The van der Waals surface area contributed by atoms with Gasteiger partial charge in [-0.1, -0.05) is 23.7 Å². The van der Waals surface area contributed by atoms with Crippen molar-refractivity contribution < 1.29 is 36.6 Å². The normalized spacial score (nSPS) is 14.5. The van der Waals surface area contributed by atoms with E-state index in [0.717, 1.165) is 22.7 Å². The van der Waals surface area contributed by atoms with E-state index < -0.39 is 31.1 Å². The van der Waals surface area contributed by atoms with Crippen LogP contribution in [0.2, 0.25) is 5.02 Å². The summed E-state index contributed by atoms with van der Waals surface area (Å²) in [5.74, 6) is -0.105. The van der Waals surface area contributed by atoms with Crippen molar-refractivity contribution in [1.29, 1.82) is 0 Å². The van der Waals surface area contributed by atoms with Gasteiger partial charge in [0.05, 0.1) is 23.5 Å². The predicted molar refractivity (Wildman–Crippen MR) is 148 cm³/mol. The van der Waals surface area contributed by atoms with Crippen LogP contribution >= 0.6 is 23.4 Å². The number of ether oxygens (including phenoxy) is 2. The van der Waals surface area contributed by atoms with Crippen LogP contribution in [0.3, 0.4) is 0 Å². The summed E-state index contributed by atoms with van der Waals surface area (Å²) in [5, 5.41) is 11.3. The molecule has 3 aromatic rings. The van der Waals surface area contributed by atoms with Crippen LogP contribution in [0.1, 0.15) is 11.1 Å². The van der Waals surface area contributed by atoms with Gasteiger partial charge in [-0.05, 0) is 72.8 Å². The first kappa shape index (κ1) is 28.9. The highest BCUT2D eigenvalue weighted by Crippen LogP contribution is 2.36. The molecule has 0 spiro atoms. The SMILES string of the molecule is COc1cc(/C=C2\SC(=O)N(CCOc3ccc(Cl)cc3)C2=O)ccc1OS(=O)(=O)c1ccc(C)c([N+](=O)[O-])c1. The predicted octanol–water partition coefficient (Wildman–Crippen LogP) is 5.45. The zero-order chi connectivity index (χ0) is 29.0. The minimum Gasteiger partial charge on any atom is -0.493 e. The summed E-state index contributed by atoms with van der Waals surface area (Å²) in [6, 6.07) is 14.3. The fraction of sp³-hybridized carbons (Fsp3) is 0.154. The largest absolute Gasteiger partial charge is 0.493 e. The number of hydrogen-bond acceptors (Lipinski definition) is 10. The standard InChI is InChI=1S/C26H21ClN2O9S2/c1-16-3-9-20(15-21(16)29(32)33)40(34,35)38-22-10-4-17(13-23(22)36-2)14-24-25(30)28(26(31)39-24)11-12-37-19-7-5-18(27)6-8-19/h3-10,13-15H,11-12H2,1-2H3/b24-14-. The Kier molecular flexibility index (Phi) is 8.67. The molecule has 0 atom stereocenters. The van der Waals surface area contributed by atoms with Gasteiger partial charge >= 0.3 is 10.1 Å². The van der Waals surface area contributed by atoms with Gasteiger partial charge in [-0.3, -0.25) is 24.6 Å². The molecule has 1 fully saturated rings. The smallest absolute Gasteiger partial charge is 0.339 e. The molecule has 3 aromatic carbocycles. The number of nitro benzene ring substituents is 1. The summed E-state index contributed by atoms with van der Waals surface area (Å²) in [7, 11) is -3.14. The van der Waals surface area contributed by atoms with Crippen molar-refractivity contribution in [2.45, 2.75) is 11.8 Å². The summed E-state index contributed by atoms with van der Waals surface area (Å²) >= 11 is 6.60. The zero-order valence-corrected chi connectivity index (χ0v) is 23.4. The first-order valence-corrected chi connectivity index (χ1v) is 14.1. The second-order valence-electron chi connectivity index (χ2n) is 8.29. The lowest BCUT2D eigenvalue weighted by molar-refractivity contribution is -0.385. The molecule has 0 aliphatic carbocycles. The van der Waals surface area contributed by atoms with Gasteiger partial charge in [0.2, 0.25) is 0 Å². The number of carbonyl (C=O) groups excluding carboxylic acids is 2. The van der Waals surface area contributed by atoms with Gasteiger partial charge in [0.1, 0.15) is 17.3 Å². The van der Waals surface area contributed by atoms with Crippen molar-refractivity contribution >= 4 is 56.4 Å². The molecule has 1 saturated heterocycles. The number of rotatable bonds is 10. The monoisotopic (exact) mass is 604 g/mol. The lowest BCUT2D eigenvalue weighted by Crippen LogP contribution is -2.32. The molecule has 11 nitrogen and oxygen atoms in total. The van der Waals surface area contributed by atoms with E-state index in [0.29, 0.717) is 21.9 Å². The molecule has 0 radical (unpaired) electrons. The lowest BCUT2D eigenvalue weighted by Gasteiger charge is -2.13. The fourth-order valence-electron chi connectivity index (χ4n) is 3.58. The topological polar surface area (TPSA) is 142 Å². The van der Waals surface area contributed by atoms with E-state index in [2.05, 4.69) is 0 Å². The molecule has 14 heteroatoms. The Bertz CT molecular complexity index is 1620. The number of halogens is 1. The number of methoxy groups -OCH3 is 1. The Morgan fingerprint density at radius 3 is 2.45 bits per heavy atom. The first-order valence-electron chi connectivity index (χ1n) is 11.5. The number of benzene rings is 3. The van der Waals surface area contributed by atoms with Gasteiger partial charge in [0, 0.05) is 16.7 Å². The molecule has 2 amide bonds. The third-order valence-electron chi connectivity index (χ3n) is 5.62. The molecule has 208 valence electrons. The number of nitrogens with zero attached hydrogens (tertiary/aromatic N) is 2. The molecule has 0 saturated carbocycles. The van der Waals surface area contributed by atoms with Crippen LogP contribution in [0, 0.1) is 17.0 Å². The lowest BCUT2D eigenvalue weighted by atomic mass is 10.2. The van der Waals surface area contributed by atoms with Crippen LogP contribution in [0.5, 0.6) is 17.2 Å².